The first kappa shape index (κ1) is 33.4. The molecule has 0 amide bonds. The van der Waals surface area contributed by atoms with Crippen molar-refractivity contribution in [2.24, 2.45) is 45.3 Å². The number of hydrogen-bond donors (Lipinski definition) is 1. The van der Waals surface area contributed by atoms with Gasteiger partial charge in [-0.2, -0.15) is 0 Å². The molecule has 8 fully saturated rings. The van der Waals surface area contributed by atoms with Gasteiger partial charge in [0.05, 0.1) is 30.5 Å². The normalized spacial score (nSPS) is 48.7. The molecular weight excluding hydrogens is 594 g/mol. The Balaban J connectivity index is 0.00000364. The summed E-state index contributed by atoms with van der Waals surface area (Å²) < 4.78 is 31.4. The van der Waals surface area contributed by atoms with Crippen molar-refractivity contribution in [3.63, 3.8) is 0 Å². The van der Waals surface area contributed by atoms with Crippen LogP contribution in [0.25, 0.3) is 0 Å². The number of morpholine rings is 1. The van der Waals surface area contributed by atoms with Crippen molar-refractivity contribution in [2.45, 2.75) is 161 Å². The fourth-order valence-electron chi connectivity index (χ4n) is 13.9. The summed E-state index contributed by atoms with van der Waals surface area (Å²) in [7, 11) is 0. The van der Waals surface area contributed by atoms with Gasteiger partial charge < -0.3 is 28.8 Å². The maximum Gasteiger partial charge on any atom is 0.303 e. The molecule has 8 aliphatic rings. The molecule has 8 rings (SSSR count). The van der Waals surface area contributed by atoms with Crippen molar-refractivity contribution < 1.29 is 35.0 Å². The fourth-order valence-corrected chi connectivity index (χ4v) is 13.9. The SMILES string of the molecule is CC(=O)O[C@@H](C1CCC2C(CC3C4CCC5C(C)(C)[C@@H](OC6CN(C7CCOCC7)CCO6)CCC56C[C@@]46CCC23C)O1)C(C)(C)O.[HH]. The van der Waals surface area contributed by atoms with E-state index in [1.165, 1.54) is 45.4 Å². The van der Waals surface area contributed by atoms with E-state index >= 15 is 0 Å². The zero-order valence-corrected chi connectivity index (χ0v) is 30.1. The van der Waals surface area contributed by atoms with Gasteiger partial charge in [0.25, 0.3) is 0 Å². The van der Waals surface area contributed by atoms with Gasteiger partial charge in [-0.05, 0) is 136 Å². The van der Waals surface area contributed by atoms with Gasteiger partial charge in [0.1, 0.15) is 0 Å². The smallest absolute Gasteiger partial charge is 0.303 e. The Kier molecular flexibility index (Phi) is 8.26. The minimum absolute atomic E-state index is 0. The quantitative estimate of drug-likeness (QED) is 0.330. The minimum Gasteiger partial charge on any atom is -0.457 e. The Hall–Kier alpha value is -0.770. The van der Waals surface area contributed by atoms with E-state index < -0.39 is 11.7 Å². The van der Waals surface area contributed by atoms with Gasteiger partial charge in [0.15, 0.2) is 12.4 Å². The number of esters is 1. The van der Waals surface area contributed by atoms with Gasteiger partial charge >= 0.3 is 5.97 Å². The fraction of sp³-hybridized carbons (Fsp3) is 0.974. The first-order valence-corrected chi connectivity index (χ1v) is 19.4. The molecule has 8 nitrogen and oxygen atoms in total. The van der Waals surface area contributed by atoms with Crippen LogP contribution >= 0.6 is 0 Å². The molecular formula is C39H65NO7. The topological polar surface area (TPSA) is 86.7 Å². The summed E-state index contributed by atoms with van der Waals surface area (Å²) in [6.07, 6.45) is 14.0. The molecule has 268 valence electrons. The summed E-state index contributed by atoms with van der Waals surface area (Å²) in [6.45, 7) is 17.0. The summed E-state index contributed by atoms with van der Waals surface area (Å²) in [5.41, 5.74) is 0.285. The number of carbonyl (C=O) groups excluding carboxylic acids is 1. The predicted molar refractivity (Wildman–Crippen MR) is 180 cm³/mol. The Bertz CT molecular complexity index is 1200. The molecule has 5 aliphatic carbocycles. The number of rotatable bonds is 6. The molecule has 8 heteroatoms. The Morgan fingerprint density at radius 1 is 0.936 bits per heavy atom. The van der Waals surface area contributed by atoms with Gasteiger partial charge in [-0.1, -0.05) is 20.8 Å². The maximum absolute atomic E-state index is 12.0. The summed E-state index contributed by atoms with van der Waals surface area (Å²) in [6, 6.07) is 0.604. The molecule has 3 saturated heterocycles. The summed E-state index contributed by atoms with van der Waals surface area (Å²) >= 11 is 0. The highest BCUT2D eigenvalue weighted by atomic mass is 16.7. The van der Waals surface area contributed by atoms with Crippen LogP contribution < -0.4 is 0 Å². The number of carbonyl (C=O) groups is 1. The zero-order valence-electron chi connectivity index (χ0n) is 30.1. The van der Waals surface area contributed by atoms with Crippen LogP contribution in [-0.2, 0) is 28.5 Å². The number of nitrogens with zero attached hydrogens (tertiary/aromatic N) is 1. The summed E-state index contributed by atoms with van der Waals surface area (Å²) in [5, 5.41) is 10.9. The molecule has 3 heterocycles. The van der Waals surface area contributed by atoms with Crippen LogP contribution in [0.15, 0.2) is 0 Å². The third kappa shape index (κ3) is 5.22. The van der Waals surface area contributed by atoms with E-state index in [4.69, 9.17) is 23.7 Å². The maximum atomic E-state index is 12.0. The highest BCUT2D eigenvalue weighted by molar-refractivity contribution is 5.66. The second-order valence-electron chi connectivity index (χ2n) is 18.8. The van der Waals surface area contributed by atoms with E-state index in [9.17, 15) is 9.90 Å². The van der Waals surface area contributed by atoms with Crippen LogP contribution in [0.2, 0.25) is 0 Å². The van der Waals surface area contributed by atoms with Crippen molar-refractivity contribution >= 4 is 5.97 Å². The Morgan fingerprint density at radius 2 is 1.70 bits per heavy atom. The second-order valence-corrected chi connectivity index (χ2v) is 18.8. The third-order valence-corrected chi connectivity index (χ3v) is 16.0. The van der Waals surface area contributed by atoms with E-state index in [1.807, 2.05) is 0 Å². The van der Waals surface area contributed by atoms with Gasteiger partial charge in [-0.15, -0.1) is 0 Å². The van der Waals surface area contributed by atoms with Crippen LogP contribution in [0.1, 0.15) is 120 Å². The molecule has 0 aromatic heterocycles. The average Bonchev–Trinajstić information content (AvgIpc) is 3.61. The van der Waals surface area contributed by atoms with Crippen molar-refractivity contribution in [3.05, 3.63) is 0 Å². The molecule has 1 N–H and O–H groups in total. The molecule has 9 unspecified atom stereocenters. The van der Waals surface area contributed by atoms with Crippen LogP contribution in [-0.4, -0.2) is 91.2 Å². The monoisotopic (exact) mass is 659 g/mol. The molecule has 3 aliphatic heterocycles. The van der Waals surface area contributed by atoms with Gasteiger partial charge in [-0.3, -0.25) is 9.69 Å². The van der Waals surface area contributed by atoms with Crippen LogP contribution in [0.3, 0.4) is 0 Å². The highest BCUT2D eigenvalue weighted by Crippen LogP contribution is 2.87. The molecule has 0 bridgehead atoms. The van der Waals surface area contributed by atoms with Gasteiger partial charge in [0, 0.05) is 40.7 Å². The van der Waals surface area contributed by atoms with E-state index in [0.717, 1.165) is 77.4 Å². The second kappa shape index (κ2) is 11.6. The molecule has 12 atom stereocenters. The van der Waals surface area contributed by atoms with E-state index in [1.54, 1.807) is 13.8 Å². The van der Waals surface area contributed by atoms with Crippen molar-refractivity contribution in [1.82, 2.24) is 4.90 Å². The van der Waals surface area contributed by atoms with Crippen LogP contribution in [0.5, 0.6) is 0 Å². The number of fused-ring (bicyclic) bond motifs is 4. The summed E-state index contributed by atoms with van der Waals surface area (Å²) in [5.74, 6) is 2.41. The van der Waals surface area contributed by atoms with Crippen LogP contribution in [0.4, 0.5) is 0 Å². The van der Waals surface area contributed by atoms with Crippen molar-refractivity contribution in [3.8, 4) is 0 Å². The van der Waals surface area contributed by atoms with E-state index in [2.05, 4.69) is 25.7 Å². The molecule has 47 heavy (non-hydrogen) atoms. The minimum atomic E-state index is -1.13. The Labute approximate surface area is 284 Å². The largest absolute Gasteiger partial charge is 0.457 e. The first-order valence-electron chi connectivity index (χ1n) is 19.4. The number of aliphatic hydroxyl groups is 1. The lowest BCUT2D eigenvalue weighted by molar-refractivity contribution is -0.249. The molecule has 0 aromatic rings. The molecule has 5 saturated carbocycles. The molecule has 2 spiro atoms. The van der Waals surface area contributed by atoms with Crippen molar-refractivity contribution in [2.75, 3.05) is 32.9 Å². The van der Waals surface area contributed by atoms with Crippen LogP contribution in [0, 0.1) is 45.3 Å². The lowest BCUT2D eigenvalue weighted by atomic mass is 9.46. The number of hydrogen-bond acceptors (Lipinski definition) is 8. The molecule has 0 radical (unpaired) electrons. The lowest BCUT2D eigenvalue weighted by Crippen LogP contribution is -2.57. The lowest BCUT2D eigenvalue weighted by Gasteiger charge is -2.60. The number of ether oxygens (including phenoxy) is 5. The third-order valence-electron chi connectivity index (χ3n) is 16.0. The van der Waals surface area contributed by atoms with Gasteiger partial charge in [0.2, 0.25) is 0 Å². The van der Waals surface area contributed by atoms with Gasteiger partial charge in [-0.25, -0.2) is 0 Å². The standard InChI is InChI=1S/C39H63NO7.H2/c1-24(41)45-34(36(4,5)42)29-9-7-27-30(46-29)21-28-26-8-10-31-35(2,3)32(11-14-39(31)23-38(26,39)16-15-37(27,28)6)47-33-22-40(17-20-44-33)25-12-18-43-19-13-25;/h25-34,42H,7-23H2,1-6H3;1H/t26?,27?,28?,29?,30?,31?,32-,33?,34-,37?,38-,39?;/m0./s1. The highest BCUT2D eigenvalue weighted by Gasteiger charge is 2.80. The van der Waals surface area contributed by atoms with E-state index in [0.29, 0.717) is 40.0 Å². The first-order chi connectivity index (χ1) is 22.3. The molecule has 0 aromatic carbocycles. The van der Waals surface area contributed by atoms with E-state index in [-0.39, 0.29) is 37.4 Å². The zero-order chi connectivity index (χ0) is 33.0. The van der Waals surface area contributed by atoms with Crippen molar-refractivity contribution in [1.29, 1.82) is 0 Å². The average molecular weight is 660 g/mol. The predicted octanol–water partition coefficient (Wildman–Crippen LogP) is 6.36. The summed E-state index contributed by atoms with van der Waals surface area (Å²) in [4.78, 5) is 14.6. The Morgan fingerprint density at radius 3 is 2.45 bits per heavy atom.